The van der Waals surface area contributed by atoms with E-state index in [1.807, 2.05) is 43.5 Å². The van der Waals surface area contributed by atoms with Crippen molar-refractivity contribution in [1.29, 1.82) is 0 Å². The zero-order chi connectivity index (χ0) is 21.1. The maximum atomic E-state index is 13.6. The van der Waals surface area contributed by atoms with E-state index in [0.29, 0.717) is 18.0 Å². The summed E-state index contributed by atoms with van der Waals surface area (Å²) in [5.74, 6) is 0.333. The highest BCUT2D eigenvalue weighted by atomic mass is 19.1. The summed E-state index contributed by atoms with van der Waals surface area (Å²) in [7, 11) is 0. The Hall–Kier alpha value is -2.89. The van der Waals surface area contributed by atoms with Gasteiger partial charge in [-0.2, -0.15) is 0 Å². The van der Waals surface area contributed by atoms with Gasteiger partial charge in [0.25, 0.3) is 5.91 Å². The number of carbonyl (C=O) groups excluding carboxylic acids is 1. The van der Waals surface area contributed by atoms with Gasteiger partial charge < -0.3 is 10.3 Å². The lowest BCUT2D eigenvalue weighted by Gasteiger charge is -2.37. The lowest BCUT2D eigenvalue weighted by Crippen LogP contribution is -2.48. The van der Waals surface area contributed by atoms with Crippen LogP contribution < -0.4 is 5.43 Å². The number of aryl methyl sites for hydroxylation is 3. The molecule has 1 aliphatic heterocycles. The molecule has 29 heavy (non-hydrogen) atoms. The molecule has 0 saturated carbocycles. The molecule has 0 aliphatic carbocycles. The molecule has 0 atom stereocenters. The predicted octanol–water partition coefficient (Wildman–Crippen LogP) is 4.22. The van der Waals surface area contributed by atoms with Gasteiger partial charge in [-0.3, -0.25) is 14.5 Å². The summed E-state index contributed by atoms with van der Waals surface area (Å²) in [6, 6.07) is 6.67. The molecule has 154 valence electrons. The second-order valence-electron chi connectivity index (χ2n) is 7.93. The Labute approximate surface area is 171 Å². The van der Waals surface area contributed by atoms with Crippen molar-refractivity contribution in [2.75, 3.05) is 18.5 Å². The summed E-state index contributed by atoms with van der Waals surface area (Å²) in [4.78, 5) is 19.2. The first-order chi connectivity index (χ1) is 13.8. The molecule has 3 rings (SSSR count). The van der Waals surface area contributed by atoms with E-state index in [1.165, 1.54) is 0 Å². The van der Waals surface area contributed by atoms with Crippen molar-refractivity contribution >= 4 is 5.91 Å². The van der Waals surface area contributed by atoms with E-state index >= 15 is 0 Å². The van der Waals surface area contributed by atoms with Gasteiger partial charge in [-0.1, -0.05) is 6.92 Å². The molecule has 1 aliphatic rings. The number of hydrogen-bond donors (Lipinski definition) is 1. The molecule has 6 heteroatoms. The monoisotopic (exact) mass is 396 g/mol. The number of hydrogen-bond acceptors (Lipinski definition) is 3. The van der Waals surface area contributed by atoms with Crippen molar-refractivity contribution in [3.63, 3.8) is 0 Å². The lowest BCUT2D eigenvalue weighted by atomic mass is 10.0. The zero-order valence-electron chi connectivity index (χ0n) is 17.8. The van der Waals surface area contributed by atoms with Crippen molar-refractivity contribution in [2.45, 2.75) is 41.2 Å². The van der Waals surface area contributed by atoms with Gasteiger partial charge in [0.05, 0.1) is 23.5 Å². The molecule has 1 N–H and O–H groups in total. The molecule has 0 radical (unpaired) electrons. The minimum Gasteiger partial charge on any atom is -0.338 e. The summed E-state index contributed by atoms with van der Waals surface area (Å²) < 4.78 is 15.5. The second-order valence-corrected chi connectivity index (χ2v) is 7.93. The van der Waals surface area contributed by atoms with Gasteiger partial charge in [0.2, 0.25) is 0 Å². The topological polar surface area (TPSA) is 50.2 Å². The zero-order valence-corrected chi connectivity index (χ0v) is 17.8. The van der Waals surface area contributed by atoms with Crippen molar-refractivity contribution < 1.29 is 9.18 Å². The average Bonchev–Trinajstić information content (AvgIpc) is 2.69. The molecule has 1 aromatic heterocycles. The van der Waals surface area contributed by atoms with Crippen LogP contribution in [0.15, 0.2) is 36.7 Å². The predicted molar refractivity (Wildman–Crippen MR) is 113 cm³/mol. The Morgan fingerprint density at radius 3 is 2.48 bits per heavy atom. The Balaban J connectivity index is 1.98. The number of nitrogens with zero attached hydrogens (tertiary/aromatic N) is 3. The van der Waals surface area contributed by atoms with Gasteiger partial charge in [-0.05, 0) is 74.6 Å². The van der Waals surface area contributed by atoms with Crippen molar-refractivity contribution in [3.05, 3.63) is 76.1 Å². The quantitative estimate of drug-likeness (QED) is 0.842. The van der Waals surface area contributed by atoms with E-state index in [1.54, 1.807) is 30.5 Å². The first kappa shape index (κ1) is 20.8. The molecule has 1 saturated heterocycles. The maximum absolute atomic E-state index is 13.6. The molecule has 1 aromatic carbocycles. The third kappa shape index (κ3) is 4.75. The first-order valence-electron chi connectivity index (χ1n) is 9.94. The molecule has 5 nitrogen and oxygen atoms in total. The van der Waals surface area contributed by atoms with Crippen LogP contribution in [0.3, 0.4) is 0 Å². The minimum atomic E-state index is -0.227. The number of halogens is 1. The number of benzene rings is 1. The van der Waals surface area contributed by atoms with E-state index in [9.17, 15) is 9.18 Å². The number of amides is 1. The van der Waals surface area contributed by atoms with Crippen LogP contribution in [0.1, 0.15) is 45.4 Å². The Kier molecular flexibility index (Phi) is 6.20. The van der Waals surface area contributed by atoms with Gasteiger partial charge in [0.15, 0.2) is 0 Å². The third-order valence-electron chi connectivity index (χ3n) is 5.47. The summed E-state index contributed by atoms with van der Waals surface area (Å²) >= 11 is 0. The summed E-state index contributed by atoms with van der Waals surface area (Å²) in [6.45, 7) is 11.9. The van der Waals surface area contributed by atoms with Gasteiger partial charge in [0, 0.05) is 25.5 Å². The molecule has 0 spiro atoms. The van der Waals surface area contributed by atoms with Gasteiger partial charge in [-0.15, -0.1) is 0 Å². The maximum Gasteiger partial charge on any atom is 0.255 e. The molecule has 2 aromatic rings. The molecule has 0 unspecified atom stereocenters. The molecule has 1 fully saturated rings. The number of carbonyl (C=O) groups is 1. The fourth-order valence-electron chi connectivity index (χ4n) is 3.57. The Morgan fingerprint density at radius 1 is 1.21 bits per heavy atom. The van der Waals surface area contributed by atoms with Crippen molar-refractivity contribution in [2.24, 2.45) is 5.92 Å². The molecule has 2 heterocycles. The summed E-state index contributed by atoms with van der Waals surface area (Å²) in [6.07, 6.45) is 3.53. The van der Waals surface area contributed by atoms with E-state index < -0.39 is 0 Å². The van der Waals surface area contributed by atoms with Gasteiger partial charge >= 0.3 is 0 Å². The Bertz CT molecular complexity index is 952. The summed E-state index contributed by atoms with van der Waals surface area (Å²) in [5.41, 5.74) is 8.54. The van der Waals surface area contributed by atoms with Crippen molar-refractivity contribution in [1.82, 2.24) is 14.6 Å². The van der Waals surface area contributed by atoms with Crippen LogP contribution in [0.2, 0.25) is 0 Å². The lowest BCUT2D eigenvalue weighted by molar-refractivity contribution is 0.0530. The van der Waals surface area contributed by atoms with Gasteiger partial charge in [-0.25, -0.2) is 4.39 Å². The number of likely N-dealkylation sites (tertiary alicyclic amines) is 1. The number of rotatable bonds is 4. The number of aromatic nitrogens is 2. The molecular weight excluding hydrogens is 367 g/mol. The highest BCUT2D eigenvalue weighted by molar-refractivity contribution is 5.94. The highest BCUT2D eigenvalue weighted by Gasteiger charge is 2.27. The van der Waals surface area contributed by atoms with E-state index in [4.69, 9.17) is 0 Å². The van der Waals surface area contributed by atoms with E-state index in [-0.39, 0.29) is 11.7 Å². The standard InChI is InChI=1S/C23H29FN4O/c1-15-12-27(13-15)23(29)20-7-6-8-25-18(4)19(5)28(14-20)26-11-22-16(2)9-21(24)10-17(22)3/h6-10,14-15,26H,11-13H2,1-5H3. The van der Waals surface area contributed by atoms with Crippen LogP contribution in [0.25, 0.3) is 0 Å². The third-order valence-corrected chi connectivity index (χ3v) is 5.47. The fraction of sp³-hybridized carbons (Fsp3) is 0.391. The van der Waals surface area contributed by atoms with Crippen LogP contribution in [0.4, 0.5) is 4.39 Å². The smallest absolute Gasteiger partial charge is 0.255 e. The number of nitrogens with one attached hydrogen (secondary N) is 1. The van der Waals surface area contributed by atoms with Crippen LogP contribution in [-0.2, 0) is 6.54 Å². The van der Waals surface area contributed by atoms with E-state index in [2.05, 4.69) is 17.3 Å². The van der Waals surface area contributed by atoms with Crippen LogP contribution >= 0.6 is 0 Å². The minimum absolute atomic E-state index is 0.0149. The normalized spacial score (nSPS) is 13.7. The van der Waals surface area contributed by atoms with Crippen LogP contribution in [-0.4, -0.2) is 33.6 Å². The van der Waals surface area contributed by atoms with Crippen molar-refractivity contribution in [3.8, 4) is 0 Å². The highest BCUT2D eigenvalue weighted by Crippen LogP contribution is 2.18. The average molecular weight is 397 g/mol. The molecular formula is C23H29FN4O. The van der Waals surface area contributed by atoms with Gasteiger partial charge in [0.1, 0.15) is 5.82 Å². The largest absolute Gasteiger partial charge is 0.338 e. The van der Waals surface area contributed by atoms with Crippen LogP contribution in [0.5, 0.6) is 0 Å². The van der Waals surface area contributed by atoms with E-state index in [0.717, 1.165) is 41.2 Å². The fourth-order valence-corrected chi connectivity index (χ4v) is 3.57. The Morgan fingerprint density at radius 2 is 1.86 bits per heavy atom. The summed E-state index contributed by atoms with van der Waals surface area (Å²) in [5, 5.41) is 0. The first-order valence-corrected chi connectivity index (χ1v) is 9.94. The second kappa shape index (κ2) is 8.64. The molecule has 0 bridgehead atoms. The molecule has 1 amide bonds. The SMILES string of the molecule is Cc1cc(F)cc(C)c1CNn1cc(C(=O)N2CC(C)C2)cccnc(C)c1C. The van der Waals surface area contributed by atoms with Crippen LogP contribution in [0, 0.1) is 39.4 Å².